The molecule has 1 nitrogen and oxygen atoms in total. The van der Waals surface area contributed by atoms with Crippen molar-refractivity contribution in [1.82, 2.24) is 0 Å². The van der Waals surface area contributed by atoms with E-state index in [4.69, 9.17) is 0 Å². The van der Waals surface area contributed by atoms with Crippen molar-refractivity contribution in [3.8, 4) is 0 Å². The van der Waals surface area contributed by atoms with E-state index in [1.165, 1.54) is 30.5 Å². The quantitative estimate of drug-likeness (QED) is 0.735. The van der Waals surface area contributed by atoms with Gasteiger partial charge in [-0.3, -0.25) is 0 Å². The predicted molar refractivity (Wildman–Crippen MR) is 66.4 cm³/mol. The fourth-order valence-electron chi connectivity index (χ4n) is 2.32. The van der Waals surface area contributed by atoms with E-state index in [0.29, 0.717) is 5.41 Å². The maximum atomic E-state index is 3.49. The average molecular weight is 203 g/mol. The largest absolute Gasteiger partial charge is 0.385 e. The standard InChI is InChI=1S/C14H21N/c1-14(2,3)10-11-6-4-8-13-12(11)7-5-9-15-13/h4,6,8,15H,5,7,9-10H2,1-3H3. The second-order valence-electron chi connectivity index (χ2n) is 5.71. The van der Waals surface area contributed by atoms with Gasteiger partial charge < -0.3 is 5.32 Å². The number of anilines is 1. The summed E-state index contributed by atoms with van der Waals surface area (Å²) in [5.41, 5.74) is 4.83. The normalized spacial score (nSPS) is 15.7. The zero-order chi connectivity index (χ0) is 10.9. The van der Waals surface area contributed by atoms with Crippen molar-refractivity contribution in [1.29, 1.82) is 0 Å². The Kier molecular flexibility index (Phi) is 2.72. The molecule has 1 heteroatoms. The molecule has 82 valence electrons. The topological polar surface area (TPSA) is 12.0 Å². The molecule has 0 amide bonds. The Morgan fingerprint density at radius 2 is 2.07 bits per heavy atom. The minimum absolute atomic E-state index is 0.382. The van der Waals surface area contributed by atoms with Crippen molar-refractivity contribution < 1.29 is 0 Å². The first-order valence-corrected chi connectivity index (χ1v) is 5.91. The van der Waals surface area contributed by atoms with Gasteiger partial charge in [-0.05, 0) is 41.9 Å². The smallest absolute Gasteiger partial charge is 0.0375 e. The lowest BCUT2D eigenvalue weighted by Crippen LogP contribution is -2.16. The average Bonchev–Trinajstić information content (AvgIpc) is 2.16. The summed E-state index contributed by atoms with van der Waals surface area (Å²) < 4.78 is 0. The second kappa shape index (κ2) is 3.88. The maximum absolute atomic E-state index is 3.49. The molecule has 2 rings (SSSR count). The van der Waals surface area contributed by atoms with Gasteiger partial charge in [0.2, 0.25) is 0 Å². The summed E-state index contributed by atoms with van der Waals surface area (Å²) in [5.74, 6) is 0. The number of hydrogen-bond acceptors (Lipinski definition) is 1. The Morgan fingerprint density at radius 3 is 2.80 bits per heavy atom. The van der Waals surface area contributed by atoms with E-state index in [1.807, 2.05) is 0 Å². The molecule has 1 heterocycles. The Bertz CT molecular complexity index is 347. The highest BCUT2D eigenvalue weighted by Crippen LogP contribution is 2.30. The minimum atomic E-state index is 0.382. The van der Waals surface area contributed by atoms with E-state index in [9.17, 15) is 0 Å². The first kappa shape index (κ1) is 10.5. The summed E-state index contributed by atoms with van der Waals surface area (Å²) in [5, 5.41) is 3.49. The van der Waals surface area contributed by atoms with Crippen LogP contribution in [0, 0.1) is 5.41 Å². The fourth-order valence-corrected chi connectivity index (χ4v) is 2.32. The summed E-state index contributed by atoms with van der Waals surface area (Å²) in [6.07, 6.45) is 3.70. The highest BCUT2D eigenvalue weighted by Gasteiger charge is 2.17. The maximum Gasteiger partial charge on any atom is 0.0375 e. The molecule has 1 aliphatic rings. The zero-order valence-corrected chi connectivity index (χ0v) is 10.1. The molecule has 0 aliphatic carbocycles. The molecule has 0 unspecified atom stereocenters. The number of nitrogens with one attached hydrogen (secondary N) is 1. The molecule has 0 saturated heterocycles. The van der Waals surface area contributed by atoms with Gasteiger partial charge >= 0.3 is 0 Å². The van der Waals surface area contributed by atoms with Crippen LogP contribution in [0.5, 0.6) is 0 Å². The SMILES string of the molecule is CC(C)(C)Cc1cccc2c1CCCN2. The van der Waals surface area contributed by atoms with Crippen molar-refractivity contribution in [3.63, 3.8) is 0 Å². The van der Waals surface area contributed by atoms with Crippen molar-refractivity contribution in [2.75, 3.05) is 11.9 Å². The van der Waals surface area contributed by atoms with Gasteiger partial charge in [-0.2, -0.15) is 0 Å². The Hall–Kier alpha value is -0.980. The van der Waals surface area contributed by atoms with E-state index < -0.39 is 0 Å². The fraction of sp³-hybridized carbons (Fsp3) is 0.571. The third-order valence-electron chi connectivity index (χ3n) is 2.91. The second-order valence-corrected chi connectivity index (χ2v) is 5.71. The summed E-state index contributed by atoms with van der Waals surface area (Å²) in [6, 6.07) is 6.68. The number of benzene rings is 1. The molecule has 15 heavy (non-hydrogen) atoms. The van der Waals surface area contributed by atoms with Gasteiger partial charge in [-0.1, -0.05) is 32.9 Å². The van der Waals surface area contributed by atoms with E-state index in [1.54, 1.807) is 5.56 Å². The van der Waals surface area contributed by atoms with Crippen molar-refractivity contribution in [2.45, 2.75) is 40.0 Å². The van der Waals surface area contributed by atoms with Crippen LogP contribution in [-0.2, 0) is 12.8 Å². The van der Waals surface area contributed by atoms with Crippen LogP contribution in [0.2, 0.25) is 0 Å². The molecule has 0 bridgehead atoms. The minimum Gasteiger partial charge on any atom is -0.385 e. The molecule has 0 saturated carbocycles. The lowest BCUT2D eigenvalue weighted by Gasteiger charge is -2.25. The van der Waals surface area contributed by atoms with E-state index in [2.05, 4.69) is 44.3 Å². The molecule has 1 N–H and O–H groups in total. The molecule has 0 atom stereocenters. The van der Waals surface area contributed by atoms with Crippen molar-refractivity contribution in [3.05, 3.63) is 29.3 Å². The molecular formula is C14H21N. The van der Waals surface area contributed by atoms with Crippen LogP contribution in [0.4, 0.5) is 5.69 Å². The van der Waals surface area contributed by atoms with Gasteiger partial charge in [0, 0.05) is 12.2 Å². The van der Waals surface area contributed by atoms with Gasteiger partial charge in [0.05, 0.1) is 0 Å². The van der Waals surface area contributed by atoms with Crippen molar-refractivity contribution in [2.24, 2.45) is 5.41 Å². The van der Waals surface area contributed by atoms with Gasteiger partial charge in [0.15, 0.2) is 0 Å². The van der Waals surface area contributed by atoms with Crippen LogP contribution in [0.1, 0.15) is 38.3 Å². The number of fused-ring (bicyclic) bond motifs is 1. The molecule has 1 aliphatic heterocycles. The Balaban J connectivity index is 2.31. The molecular weight excluding hydrogens is 182 g/mol. The van der Waals surface area contributed by atoms with Crippen LogP contribution in [0.15, 0.2) is 18.2 Å². The van der Waals surface area contributed by atoms with E-state index >= 15 is 0 Å². The summed E-state index contributed by atoms with van der Waals surface area (Å²) >= 11 is 0. The first-order valence-electron chi connectivity index (χ1n) is 5.91. The Morgan fingerprint density at radius 1 is 1.27 bits per heavy atom. The van der Waals surface area contributed by atoms with Gasteiger partial charge in [-0.25, -0.2) is 0 Å². The summed E-state index contributed by atoms with van der Waals surface area (Å²) in [7, 11) is 0. The van der Waals surface area contributed by atoms with Crippen LogP contribution in [0.3, 0.4) is 0 Å². The monoisotopic (exact) mass is 203 g/mol. The van der Waals surface area contributed by atoms with Crippen LogP contribution in [-0.4, -0.2) is 6.54 Å². The van der Waals surface area contributed by atoms with E-state index in [-0.39, 0.29) is 0 Å². The molecule has 1 aromatic rings. The summed E-state index contributed by atoms with van der Waals surface area (Å²) in [6.45, 7) is 8.06. The highest BCUT2D eigenvalue weighted by molar-refractivity contribution is 5.56. The molecule has 0 radical (unpaired) electrons. The highest BCUT2D eigenvalue weighted by atomic mass is 14.9. The van der Waals surface area contributed by atoms with Crippen LogP contribution in [0.25, 0.3) is 0 Å². The lowest BCUT2D eigenvalue weighted by molar-refractivity contribution is 0.409. The number of rotatable bonds is 1. The van der Waals surface area contributed by atoms with Gasteiger partial charge in [-0.15, -0.1) is 0 Å². The third-order valence-corrected chi connectivity index (χ3v) is 2.91. The molecule has 0 aromatic heterocycles. The molecule has 1 aromatic carbocycles. The van der Waals surface area contributed by atoms with Crippen molar-refractivity contribution >= 4 is 5.69 Å². The van der Waals surface area contributed by atoms with E-state index in [0.717, 1.165) is 6.54 Å². The third kappa shape index (κ3) is 2.53. The van der Waals surface area contributed by atoms with Gasteiger partial charge in [0.25, 0.3) is 0 Å². The summed E-state index contributed by atoms with van der Waals surface area (Å²) in [4.78, 5) is 0. The molecule has 0 fully saturated rings. The first-order chi connectivity index (χ1) is 7.06. The predicted octanol–water partition coefficient (Wildman–Crippen LogP) is 3.63. The zero-order valence-electron chi connectivity index (χ0n) is 10.1. The van der Waals surface area contributed by atoms with Crippen LogP contribution < -0.4 is 5.32 Å². The molecule has 0 spiro atoms. The van der Waals surface area contributed by atoms with Gasteiger partial charge in [0.1, 0.15) is 0 Å². The number of hydrogen-bond donors (Lipinski definition) is 1. The Labute approximate surface area is 92.9 Å². The lowest BCUT2D eigenvalue weighted by atomic mass is 9.84. The van der Waals surface area contributed by atoms with Crippen LogP contribution >= 0.6 is 0 Å².